The summed E-state index contributed by atoms with van der Waals surface area (Å²) in [5.41, 5.74) is 2.74. The molecule has 7 heteroatoms. The molecule has 1 aliphatic rings. The molecule has 0 N–H and O–H groups in total. The zero-order valence-electron chi connectivity index (χ0n) is 13.0. The lowest BCUT2D eigenvalue weighted by atomic mass is 10.1. The van der Waals surface area contributed by atoms with E-state index in [1.54, 1.807) is 6.33 Å². The normalized spacial score (nSPS) is 14.4. The summed E-state index contributed by atoms with van der Waals surface area (Å²) in [6, 6.07) is 0. The number of hydrogen-bond acceptors (Lipinski definition) is 6. The van der Waals surface area contributed by atoms with Gasteiger partial charge < -0.3 is 9.80 Å². The standard InChI is InChI=1S/C15H19N5OS/c1-10-18-13(8-22-10)15(21)20-6-4-11-12(5-7-20)16-9-17-14(11)19(2)3/h8-9H,4-7H2,1-3H3. The van der Waals surface area contributed by atoms with Crippen LogP contribution >= 0.6 is 11.3 Å². The third-order valence-electron chi connectivity index (χ3n) is 3.81. The maximum absolute atomic E-state index is 12.6. The third kappa shape index (κ3) is 2.81. The zero-order chi connectivity index (χ0) is 15.7. The minimum Gasteiger partial charge on any atom is -0.362 e. The fourth-order valence-corrected chi connectivity index (χ4v) is 3.31. The first-order valence-electron chi connectivity index (χ1n) is 7.27. The van der Waals surface area contributed by atoms with Gasteiger partial charge in [-0.1, -0.05) is 0 Å². The SMILES string of the molecule is Cc1nc(C(=O)N2CCc3ncnc(N(C)C)c3CC2)cs1. The highest BCUT2D eigenvalue weighted by Crippen LogP contribution is 2.23. The first-order valence-corrected chi connectivity index (χ1v) is 8.15. The van der Waals surface area contributed by atoms with Crippen LogP contribution in [0.25, 0.3) is 0 Å². The highest BCUT2D eigenvalue weighted by Gasteiger charge is 2.24. The molecule has 1 amide bonds. The fourth-order valence-electron chi connectivity index (χ4n) is 2.72. The molecule has 0 aromatic carbocycles. The van der Waals surface area contributed by atoms with Crippen molar-refractivity contribution in [1.82, 2.24) is 19.9 Å². The van der Waals surface area contributed by atoms with Crippen LogP contribution in [0.2, 0.25) is 0 Å². The maximum Gasteiger partial charge on any atom is 0.273 e. The molecule has 116 valence electrons. The van der Waals surface area contributed by atoms with Crippen LogP contribution in [-0.2, 0) is 12.8 Å². The Morgan fingerprint density at radius 3 is 2.73 bits per heavy atom. The van der Waals surface area contributed by atoms with Crippen LogP contribution in [0.3, 0.4) is 0 Å². The number of nitrogens with zero attached hydrogens (tertiary/aromatic N) is 5. The molecule has 1 aliphatic heterocycles. The average molecular weight is 317 g/mol. The smallest absolute Gasteiger partial charge is 0.273 e. The van der Waals surface area contributed by atoms with Gasteiger partial charge in [0.2, 0.25) is 0 Å². The van der Waals surface area contributed by atoms with Gasteiger partial charge in [0.25, 0.3) is 5.91 Å². The van der Waals surface area contributed by atoms with Crippen molar-refractivity contribution >= 4 is 23.1 Å². The molecule has 0 aliphatic carbocycles. The van der Waals surface area contributed by atoms with Crippen molar-refractivity contribution in [2.24, 2.45) is 0 Å². The number of rotatable bonds is 2. The van der Waals surface area contributed by atoms with E-state index in [1.165, 1.54) is 11.3 Å². The molecular formula is C15H19N5OS. The molecule has 3 rings (SSSR count). The molecule has 2 aromatic rings. The number of aryl methyl sites for hydroxylation is 1. The van der Waals surface area contributed by atoms with Gasteiger partial charge in [0.05, 0.1) is 10.7 Å². The minimum absolute atomic E-state index is 0.0107. The molecule has 0 fully saturated rings. The van der Waals surface area contributed by atoms with Crippen molar-refractivity contribution in [2.75, 3.05) is 32.1 Å². The number of carbonyl (C=O) groups excluding carboxylic acids is 1. The number of aromatic nitrogens is 3. The van der Waals surface area contributed by atoms with Gasteiger partial charge in [-0.15, -0.1) is 11.3 Å². The van der Waals surface area contributed by atoms with Crippen molar-refractivity contribution in [3.8, 4) is 0 Å². The number of carbonyl (C=O) groups is 1. The summed E-state index contributed by atoms with van der Waals surface area (Å²) in [6.07, 6.45) is 3.14. The predicted molar refractivity (Wildman–Crippen MR) is 86.5 cm³/mol. The van der Waals surface area contributed by atoms with Crippen LogP contribution in [0, 0.1) is 6.92 Å². The van der Waals surface area contributed by atoms with E-state index in [1.807, 2.05) is 36.2 Å². The van der Waals surface area contributed by atoms with Crippen LogP contribution in [0.15, 0.2) is 11.7 Å². The fraction of sp³-hybridized carbons (Fsp3) is 0.467. The van der Waals surface area contributed by atoms with Gasteiger partial charge in [0.1, 0.15) is 17.8 Å². The lowest BCUT2D eigenvalue weighted by Gasteiger charge is -2.19. The summed E-state index contributed by atoms with van der Waals surface area (Å²) in [6.45, 7) is 3.27. The summed E-state index contributed by atoms with van der Waals surface area (Å²) in [4.78, 5) is 29.5. The Balaban J connectivity index is 1.82. The van der Waals surface area contributed by atoms with Gasteiger partial charge in [-0.3, -0.25) is 4.79 Å². The van der Waals surface area contributed by atoms with E-state index in [0.717, 1.165) is 34.9 Å². The first-order chi connectivity index (χ1) is 10.6. The predicted octanol–water partition coefficient (Wildman–Crippen LogP) is 1.55. The summed E-state index contributed by atoms with van der Waals surface area (Å²) >= 11 is 1.51. The molecule has 22 heavy (non-hydrogen) atoms. The van der Waals surface area contributed by atoms with Crippen molar-refractivity contribution in [2.45, 2.75) is 19.8 Å². The molecule has 0 saturated carbocycles. The summed E-state index contributed by atoms with van der Waals surface area (Å²) < 4.78 is 0. The quantitative estimate of drug-likeness (QED) is 0.841. The van der Waals surface area contributed by atoms with Gasteiger partial charge >= 0.3 is 0 Å². The largest absolute Gasteiger partial charge is 0.362 e. The lowest BCUT2D eigenvalue weighted by Crippen LogP contribution is -2.33. The van der Waals surface area contributed by atoms with Crippen molar-refractivity contribution < 1.29 is 4.79 Å². The second-order valence-corrected chi connectivity index (χ2v) is 6.62. The first kappa shape index (κ1) is 14.9. The van der Waals surface area contributed by atoms with Crippen molar-refractivity contribution in [3.63, 3.8) is 0 Å². The van der Waals surface area contributed by atoms with E-state index in [2.05, 4.69) is 15.0 Å². The molecule has 6 nitrogen and oxygen atoms in total. The maximum atomic E-state index is 12.6. The van der Waals surface area contributed by atoms with Gasteiger partial charge in [0.15, 0.2) is 0 Å². The molecule has 2 aromatic heterocycles. The van der Waals surface area contributed by atoms with E-state index in [-0.39, 0.29) is 5.91 Å². The summed E-state index contributed by atoms with van der Waals surface area (Å²) in [5, 5.41) is 2.75. The highest BCUT2D eigenvalue weighted by molar-refractivity contribution is 7.09. The Labute approximate surface area is 133 Å². The Kier molecular flexibility index (Phi) is 4.06. The number of amides is 1. The summed E-state index contributed by atoms with van der Waals surface area (Å²) in [5.74, 6) is 0.959. The van der Waals surface area contributed by atoms with E-state index >= 15 is 0 Å². The number of anilines is 1. The molecule has 0 spiro atoms. The number of fused-ring (bicyclic) bond motifs is 1. The molecule has 0 saturated heterocycles. The number of thiazole rings is 1. The average Bonchev–Trinajstić information content (AvgIpc) is 2.81. The summed E-state index contributed by atoms with van der Waals surface area (Å²) in [7, 11) is 3.96. The van der Waals surface area contributed by atoms with Gasteiger partial charge in [-0.2, -0.15) is 0 Å². The van der Waals surface area contributed by atoms with Crippen molar-refractivity contribution in [1.29, 1.82) is 0 Å². The Hall–Kier alpha value is -2.02. The van der Waals surface area contributed by atoms with Crippen molar-refractivity contribution in [3.05, 3.63) is 33.7 Å². The van der Waals surface area contributed by atoms with Crippen LogP contribution in [0.1, 0.15) is 26.8 Å². The van der Waals surface area contributed by atoms with Crippen LogP contribution in [0.4, 0.5) is 5.82 Å². The highest BCUT2D eigenvalue weighted by atomic mass is 32.1. The second-order valence-electron chi connectivity index (χ2n) is 5.56. The lowest BCUT2D eigenvalue weighted by molar-refractivity contribution is 0.0757. The third-order valence-corrected chi connectivity index (χ3v) is 4.58. The second kappa shape index (κ2) is 6.00. The molecule has 0 radical (unpaired) electrons. The van der Waals surface area contributed by atoms with E-state index in [4.69, 9.17) is 0 Å². The van der Waals surface area contributed by atoms with Crippen LogP contribution in [-0.4, -0.2) is 52.9 Å². The number of hydrogen-bond donors (Lipinski definition) is 0. The monoisotopic (exact) mass is 317 g/mol. The molecule has 0 bridgehead atoms. The Bertz CT molecular complexity index is 697. The zero-order valence-corrected chi connectivity index (χ0v) is 13.9. The van der Waals surface area contributed by atoms with E-state index in [0.29, 0.717) is 18.8 Å². The molecular weight excluding hydrogens is 298 g/mol. The van der Waals surface area contributed by atoms with Gasteiger partial charge in [-0.05, 0) is 13.3 Å². The van der Waals surface area contributed by atoms with Crippen LogP contribution < -0.4 is 4.90 Å². The van der Waals surface area contributed by atoms with E-state index < -0.39 is 0 Å². The minimum atomic E-state index is 0.0107. The molecule has 3 heterocycles. The van der Waals surface area contributed by atoms with E-state index in [9.17, 15) is 4.79 Å². The van der Waals surface area contributed by atoms with Gasteiger partial charge in [-0.25, -0.2) is 15.0 Å². The van der Waals surface area contributed by atoms with Crippen LogP contribution in [0.5, 0.6) is 0 Å². The Morgan fingerprint density at radius 1 is 1.27 bits per heavy atom. The molecule has 0 unspecified atom stereocenters. The molecule has 0 atom stereocenters. The van der Waals surface area contributed by atoms with Gasteiger partial charge in [0, 0.05) is 44.5 Å². The topological polar surface area (TPSA) is 62.2 Å². The Morgan fingerprint density at radius 2 is 2.05 bits per heavy atom.